The Kier molecular flexibility index (Phi) is 4.50. The molecule has 0 amide bonds. The molecule has 0 saturated heterocycles. The Morgan fingerprint density at radius 3 is 2.62 bits per heavy atom. The summed E-state index contributed by atoms with van der Waals surface area (Å²) in [5.74, 6) is 0.819. The molecule has 6 heteroatoms. The highest BCUT2D eigenvalue weighted by atomic mass is 16.6. The molecule has 0 saturated carbocycles. The van der Waals surface area contributed by atoms with Crippen LogP contribution in [0.15, 0.2) is 42.5 Å². The Hall–Kier alpha value is -2.89. The van der Waals surface area contributed by atoms with Gasteiger partial charge in [0.2, 0.25) is 0 Å². The maximum Gasteiger partial charge on any atom is 0.276 e. The molecule has 0 aliphatic rings. The minimum atomic E-state index is -0.461. The molecule has 108 valence electrons. The van der Waals surface area contributed by atoms with E-state index in [1.165, 1.54) is 19.2 Å². The second-order valence-corrected chi connectivity index (χ2v) is 4.20. The van der Waals surface area contributed by atoms with Gasteiger partial charge in [-0.15, -0.1) is 0 Å². The molecular formula is C15H13NO5. The molecule has 0 spiro atoms. The van der Waals surface area contributed by atoms with Gasteiger partial charge in [0, 0.05) is 11.6 Å². The number of hydrogen-bond donors (Lipinski definition) is 0. The van der Waals surface area contributed by atoms with Crippen LogP contribution in [0.3, 0.4) is 0 Å². The molecule has 2 aromatic carbocycles. The fraction of sp³-hybridized carbons (Fsp3) is 0.133. The van der Waals surface area contributed by atoms with E-state index in [-0.39, 0.29) is 12.3 Å². The third kappa shape index (κ3) is 3.36. The maximum atomic E-state index is 10.9. The van der Waals surface area contributed by atoms with E-state index in [4.69, 9.17) is 9.47 Å². The Bertz CT molecular complexity index is 669. The topological polar surface area (TPSA) is 78.7 Å². The van der Waals surface area contributed by atoms with Gasteiger partial charge in [0.25, 0.3) is 5.69 Å². The summed E-state index contributed by atoms with van der Waals surface area (Å²) in [4.78, 5) is 21.3. The molecule has 0 aliphatic heterocycles. The van der Waals surface area contributed by atoms with Gasteiger partial charge in [0.15, 0.2) is 11.5 Å². The van der Waals surface area contributed by atoms with Crippen molar-refractivity contribution in [2.24, 2.45) is 0 Å². The highest BCUT2D eigenvalue weighted by Crippen LogP contribution is 2.29. The van der Waals surface area contributed by atoms with Gasteiger partial charge in [0.1, 0.15) is 12.9 Å². The zero-order chi connectivity index (χ0) is 15.2. The van der Waals surface area contributed by atoms with Crippen LogP contribution in [0.25, 0.3) is 0 Å². The minimum Gasteiger partial charge on any atom is -0.493 e. The van der Waals surface area contributed by atoms with Gasteiger partial charge in [-0.25, -0.2) is 0 Å². The van der Waals surface area contributed by atoms with Crippen molar-refractivity contribution in [3.63, 3.8) is 0 Å². The summed E-state index contributed by atoms with van der Waals surface area (Å²) in [5, 5.41) is 10.9. The van der Waals surface area contributed by atoms with Crippen LogP contribution in [0.5, 0.6) is 11.5 Å². The number of carbonyl (C=O) groups excluding carboxylic acids is 1. The maximum absolute atomic E-state index is 10.9. The van der Waals surface area contributed by atoms with Crippen molar-refractivity contribution in [3.8, 4) is 11.5 Å². The largest absolute Gasteiger partial charge is 0.493 e. The van der Waals surface area contributed by atoms with E-state index in [0.29, 0.717) is 28.9 Å². The first-order valence-corrected chi connectivity index (χ1v) is 6.14. The first-order chi connectivity index (χ1) is 10.2. The van der Waals surface area contributed by atoms with Gasteiger partial charge in [0.05, 0.1) is 17.6 Å². The molecule has 0 aliphatic carbocycles. The third-order valence-corrected chi connectivity index (χ3v) is 2.90. The zero-order valence-electron chi connectivity index (χ0n) is 11.3. The summed E-state index contributed by atoms with van der Waals surface area (Å²) in [6.45, 7) is 0.00975. The molecule has 0 heterocycles. The van der Waals surface area contributed by atoms with E-state index >= 15 is 0 Å². The molecule has 0 atom stereocenters. The highest BCUT2D eigenvalue weighted by Gasteiger charge is 2.14. The van der Waals surface area contributed by atoms with Crippen molar-refractivity contribution >= 4 is 12.0 Å². The average molecular weight is 287 g/mol. The lowest BCUT2D eigenvalue weighted by Gasteiger charge is -2.11. The highest BCUT2D eigenvalue weighted by molar-refractivity contribution is 5.76. The number of rotatable bonds is 6. The van der Waals surface area contributed by atoms with Gasteiger partial charge in [-0.3, -0.25) is 14.9 Å². The number of methoxy groups -OCH3 is 1. The summed E-state index contributed by atoms with van der Waals surface area (Å²) in [5.41, 5.74) is 0.873. The molecule has 2 aromatic rings. The summed E-state index contributed by atoms with van der Waals surface area (Å²) in [6.07, 6.45) is 0.692. The lowest BCUT2D eigenvalue weighted by molar-refractivity contribution is -0.385. The Balaban J connectivity index is 2.24. The quantitative estimate of drug-likeness (QED) is 0.463. The van der Waals surface area contributed by atoms with Crippen LogP contribution in [0.1, 0.15) is 15.9 Å². The fourth-order valence-corrected chi connectivity index (χ4v) is 1.85. The Morgan fingerprint density at radius 1 is 1.19 bits per heavy atom. The monoisotopic (exact) mass is 287 g/mol. The van der Waals surface area contributed by atoms with Gasteiger partial charge in [-0.2, -0.15) is 0 Å². The van der Waals surface area contributed by atoms with Gasteiger partial charge in [-0.1, -0.05) is 12.1 Å². The zero-order valence-corrected chi connectivity index (χ0v) is 11.3. The van der Waals surface area contributed by atoms with Crippen LogP contribution < -0.4 is 9.47 Å². The number of nitro benzene ring substituents is 1. The standard InChI is InChI=1S/C15H13NO5/c1-20-14-7-6-11(9-17)8-15(14)21-10-12-4-2-3-5-13(12)16(18)19/h2-9H,10H2,1H3. The van der Waals surface area contributed by atoms with Crippen molar-refractivity contribution in [2.75, 3.05) is 7.11 Å². The van der Waals surface area contributed by atoms with Gasteiger partial charge in [-0.05, 0) is 24.3 Å². The number of aldehydes is 1. The molecule has 6 nitrogen and oxygen atoms in total. The van der Waals surface area contributed by atoms with Crippen LogP contribution in [0, 0.1) is 10.1 Å². The van der Waals surface area contributed by atoms with E-state index in [2.05, 4.69) is 0 Å². The summed E-state index contributed by atoms with van der Waals surface area (Å²) in [7, 11) is 1.48. The Morgan fingerprint density at radius 2 is 1.95 bits per heavy atom. The molecule has 21 heavy (non-hydrogen) atoms. The van der Waals surface area contributed by atoms with E-state index in [1.807, 2.05) is 0 Å². The lowest BCUT2D eigenvalue weighted by atomic mass is 10.2. The second kappa shape index (κ2) is 6.51. The molecular weight excluding hydrogens is 274 g/mol. The number of benzene rings is 2. The van der Waals surface area contributed by atoms with Crippen molar-refractivity contribution in [1.29, 1.82) is 0 Å². The number of carbonyl (C=O) groups is 1. The van der Waals surface area contributed by atoms with Gasteiger partial charge >= 0.3 is 0 Å². The van der Waals surface area contributed by atoms with E-state index in [0.717, 1.165) is 0 Å². The summed E-state index contributed by atoms with van der Waals surface area (Å²) < 4.78 is 10.7. The molecule has 0 aromatic heterocycles. The molecule has 2 rings (SSSR count). The van der Waals surface area contributed by atoms with E-state index in [9.17, 15) is 14.9 Å². The number of para-hydroxylation sites is 1. The Labute approximate surface area is 121 Å². The summed E-state index contributed by atoms with van der Waals surface area (Å²) >= 11 is 0. The van der Waals surface area contributed by atoms with Crippen LogP contribution >= 0.6 is 0 Å². The van der Waals surface area contributed by atoms with Crippen LogP contribution in [0.4, 0.5) is 5.69 Å². The normalized spacial score (nSPS) is 9.95. The molecule has 0 unspecified atom stereocenters. The molecule has 0 radical (unpaired) electrons. The predicted octanol–water partition coefficient (Wildman–Crippen LogP) is 2.99. The minimum absolute atomic E-state index is 0.00975. The second-order valence-electron chi connectivity index (χ2n) is 4.20. The van der Waals surface area contributed by atoms with Crippen LogP contribution in [-0.2, 0) is 6.61 Å². The number of nitrogens with zero attached hydrogens (tertiary/aromatic N) is 1. The smallest absolute Gasteiger partial charge is 0.276 e. The molecule has 0 bridgehead atoms. The van der Waals surface area contributed by atoms with Crippen LogP contribution in [-0.4, -0.2) is 18.3 Å². The predicted molar refractivity (Wildman–Crippen MR) is 75.8 cm³/mol. The fourth-order valence-electron chi connectivity index (χ4n) is 1.85. The average Bonchev–Trinajstić information content (AvgIpc) is 2.52. The van der Waals surface area contributed by atoms with Crippen molar-refractivity contribution in [3.05, 3.63) is 63.7 Å². The van der Waals surface area contributed by atoms with Gasteiger partial charge < -0.3 is 9.47 Å². The first kappa shape index (κ1) is 14.5. The first-order valence-electron chi connectivity index (χ1n) is 6.14. The number of ether oxygens (including phenoxy) is 2. The number of hydrogen-bond acceptors (Lipinski definition) is 5. The summed E-state index contributed by atoms with van der Waals surface area (Å²) in [6, 6.07) is 11.1. The third-order valence-electron chi connectivity index (χ3n) is 2.90. The lowest BCUT2D eigenvalue weighted by Crippen LogP contribution is -2.02. The van der Waals surface area contributed by atoms with E-state index in [1.54, 1.807) is 30.3 Å². The van der Waals surface area contributed by atoms with E-state index < -0.39 is 4.92 Å². The SMILES string of the molecule is COc1ccc(C=O)cc1OCc1ccccc1[N+](=O)[O-]. The molecule has 0 fully saturated rings. The number of nitro groups is 1. The molecule has 0 N–H and O–H groups in total. The van der Waals surface area contributed by atoms with Crippen molar-refractivity contribution < 1.29 is 19.2 Å². The van der Waals surface area contributed by atoms with Crippen molar-refractivity contribution in [2.45, 2.75) is 6.61 Å². The van der Waals surface area contributed by atoms with Crippen LogP contribution in [0.2, 0.25) is 0 Å². The van der Waals surface area contributed by atoms with Crippen molar-refractivity contribution in [1.82, 2.24) is 0 Å².